The van der Waals surface area contributed by atoms with Crippen LogP contribution in [0.25, 0.3) is 5.52 Å². The number of nitrogens with one attached hydrogen (secondary N) is 3. The van der Waals surface area contributed by atoms with E-state index in [1.807, 2.05) is 23.7 Å². The normalized spacial score (nSPS) is 25.1. The summed E-state index contributed by atoms with van der Waals surface area (Å²) in [5.74, 6) is 1.23. The minimum absolute atomic E-state index is 0.194. The molecular formula is C24H30FN7O3. The van der Waals surface area contributed by atoms with Gasteiger partial charge in [0, 0.05) is 36.2 Å². The second-order valence-corrected chi connectivity index (χ2v) is 10.3. The molecule has 1 amide bonds. The molecule has 186 valence electrons. The van der Waals surface area contributed by atoms with Crippen LogP contribution in [0.1, 0.15) is 74.4 Å². The summed E-state index contributed by atoms with van der Waals surface area (Å²) in [5.41, 5.74) is 3.09. The predicted octanol–water partition coefficient (Wildman–Crippen LogP) is 4.08. The first-order valence-corrected chi connectivity index (χ1v) is 12.2. The molecule has 3 fully saturated rings. The molecule has 3 aromatic rings. The largest absolute Gasteiger partial charge is 0.443 e. The van der Waals surface area contributed by atoms with Crippen molar-refractivity contribution in [2.75, 3.05) is 12.4 Å². The zero-order valence-electron chi connectivity index (χ0n) is 19.9. The number of nitrogens with zero attached hydrogens (tertiary/aromatic N) is 4. The summed E-state index contributed by atoms with van der Waals surface area (Å²) in [7, 11) is 1.64. The summed E-state index contributed by atoms with van der Waals surface area (Å²) in [4.78, 5) is 17.0. The lowest BCUT2D eigenvalue weighted by atomic mass is 10.0. The number of anilines is 2. The smallest absolute Gasteiger partial charge is 0.407 e. The molecular weight excluding hydrogens is 453 g/mol. The Bertz CT molecular complexity index is 1250. The van der Waals surface area contributed by atoms with Gasteiger partial charge >= 0.3 is 6.09 Å². The number of hydrogen-bond acceptors (Lipinski definition) is 7. The van der Waals surface area contributed by atoms with Crippen LogP contribution in [0.3, 0.4) is 0 Å². The zero-order valence-corrected chi connectivity index (χ0v) is 19.9. The molecule has 3 aliphatic rings. The van der Waals surface area contributed by atoms with Gasteiger partial charge in [-0.05, 0) is 51.5 Å². The number of amides is 1. The third kappa shape index (κ3) is 4.56. The molecule has 0 saturated heterocycles. The number of halogens is 1. The van der Waals surface area contributed by atoms with Crippen LogP contribution < -0.4 is 10.6 Å². The molecule has 0 aliphatic heterocycles. The van der Waals surface area contributed by atoms with E-state index in [4.69, 9.17) is 14.5 Å². The Balaban J connectivity index is 1.17. The second-order valence-electron chi connectivity index (χ2n) is 10.3. The number of hydrogen-bond donors (Lipinski definition) is 3. The number of fused-ring (bicyclic) bond motifs is 1. The minimum Gasteiger partial charge on any atom is -0.443 e. The van der Waals surface area contributed by atoms with Crippen molar-refractivity contribution in [3.63, 3.8) is 0 Å². The van der Waals surface area contributed by atoms with Crippen molar-refractivity contribution in [2.45, 2.75) is 81.7 Å². The highest BCUT2D eigenvalue weighted by atomic mass is 19.1. The van der Waals surface area contributed by atoms with E-state index in [1.165, 1.54) is 0 Å². The first-order chi connectivity index (χ1) is 16.9. The fourth-order valence-electron chi connectivity index (χ4n) is 4.76. The van der Waals surface area contributed by atoms with Gasteiger partial charge in [0.15, 0.2) is 11.6 Å². The maximum atomic E-state index is 15.2. The lowest BCUT2D eigenvalue weighted by Crippen LogP contribution is -2.38. The zero-order chi connectivity index (χ0) is 24.2. The van der Waals surface area contributed by atoms with E-state index < -0.39 is 24.3 Å². The van der Waals surface area contributed by atoms with Crippen LogP contribution in [0.2, 0.25) is 0 Å². The number of H-pyrrole nitrogens is 1. The topological polar surface area (TPSA) is 118 Å². The first-order valence-electron chi connectivity index (χ1n) is 12.2. The van der Waals surface area contributed by atoms with Crippen molar-refractivity contribution in [3.05, 3.63) is 35.4 Å². The van der Waals surface area contributed by atoms with E-state index in [0.717, 1.165) is 42.6 Å². The number of aromatic nitrogens is 5. The monoisotopic (exact) mass is 483 g/mol. The third-order valence-corrected chi connectivity index (χ3v) is 7.22. The van der Waals surface area contributed by atoms with Crippen LogP contribution in [0.15, 0.2) is 18.3 Å². The SMILES string of the molecule is COCc1cc2c(Nc3cc([C@H]4CC[C@@H](OC(=O)NC5(C)CC5)[C@@H]4F)[nH]n3)nc(C3CC3)cn2n1. The van der Waals surface area contributed by atoms with E-state index in [2.05, 4.69) is 25.9 Å². The molecule has 0 aromatic carbocycles. The molecule has 35 heavy (non-hydrogen) atoms. The number of aromatic amines is 1. The number of ether oxygens (including phenoxy) is 2. The maximum absolute atomic E-state index is 15.2. The van der Waals surface area contributed by atoms with Crippen molar-refractivity contribution in [1.82, 2.24) is 30.1 Å². The fraction of sp³-hybridized carbons (Fsp3) is 0.583. The molecule has 0 bridgehead atoms. The Morgan fingerprint density at radius 2 is 2.11 bits per heavy atom. The Morgan fingerprint density at radius 1 is 1.29 bits per heavy atom. The van der Waals surface area contributed by atoms with Gasteiger partial charge in [-0.1, -0.05) is 0 Å². The summed E-state index contributed by atoms with van der Waals surface area (Å²) in [6.07, 6.45) is 4.52. The molecule has 11 heteroatoms. The fourth-order valence-corrected chi connectivity index (χ4v) is 4.76. The van der Waals surface area contributed by atoms with E-state index in [9.17, 15) is 4.79 Å². The van der Waals surface area contributed by atoms with Gasteiger partial charge in [-0.25, -0.2) is 18.7 Å². The van der Waals surface area contributed by atoms with Crippen LogP contribution in [0.4, 0.5) is 20.8 Å². The average molecular weight is 484 g/mol. The Morgan fingerprint density at radius 3 is 2.86 bits per heavy atom. The van der Waals surface area contributed by atoms with Crippen LogP contribution in [0.5, 0.6) is 0 Å². The minimum atomic E-state index is -1.30. The number of rotatable bonds is 8. The van der Waals surface area contributed by atoms with Crippen molar-refractivity contribution in [2.24, 2.45) is 0 Å². The summed E-state index contributed by atoms with van der Waals surface area (Å²) in [6.45, 7) is 2.37. The Kier molecular flexibility index (Phi) is 5.39. The van der Waals surface area contributed by atoms with Crippen molar-refractivity contribution in [1.29, 1.82) is 0 Å². The molecule has 10 nitrogen and oxygen atoms in total. The van der Waals surface area contributed by atoms with Gasteiger partial charge in [0.2, 0.25) is 0 Å². The standard InChI is InChI=1S/C24H30FN7O3/c1-24(7-8-24)28-23(33)35-19-6-5-15(21(19)25)16-10-20(30-29-16)27-22-18-9-14(12-34-2)31-32(18)11-17(26-22)13-3-4-13/h9-11,13,15,19,21H,3-8,12H2,1-2H3,(H,28,33)(H2,26,27,29,30)/t15-,19-,21-/m1/s1. The number of alkyl halides is 1. The Hall–Kier alpha value is -3.21. The highest BCUT2D eigenvalue weighted by Crippen LogP contribution is 2.41. The molecule has 0 spiro atoms. The molecule has 3 atom stereocenters. The van der Waals surface area contributed by atoms with E-state index >= 15 is 4.39 Å². The van der Waals surface area contributed by atoms with Crippen LogP contribution in [0, 0.1) is 0 Å². The summed E-state index contributed by atoms with van der Waals surface area (Å²) < 4.78 is 27.7. The van der Waals surface area contributed by atoms with E-state index in [-0.39, 0.29) is 5.54 Å². The van der Waals surface area contributed by atoms with E-state index in [0.29, 0.717) is 42.7 Å². The quantitative estimate of drug-likeness (QED) is 0.442. The highest BCUT2D eigenvalue weighted by Gasteiger charge is 2.43. The molecule has 3 aromatic heterocycles. The molecule has 6 rings (SSSR count). The van der Waals surface area contributed by atoms with Crippen LogP contribution in [-0.2, 0) is 16.1 Å². The van der Waals surface area contributed by atoms with E-state index in [1.54, 1.807) is 13.2 Å². The summed E-state index contributed by atoms with van der Waals surface area (Å²) in [5, 5.41) is 18.0. The number of carbonyl (C=O) groups excluding carboxylic acids is 1. The van der Waals surface area contributed by atoms with Gasteiger partial charge in [-0.3, -0.25) is 5.10 Å². The van der Waals surface area contributed by atoms with Gasteiger partial charge < -0.3 is 20.1 Å². The van der Waals surface area contributed by atoms with Gasteiger partial charge in [-0.15, -0.1) is 0 Å². The summed E-state index contributed by atoms with van der Waals surface area (Å²) in [6, 6.07) is 3.74. The van der Waals surface area contributed by atoms with Crippen molar-refractivity contribution >= 4 is 23.2 Å². The number of methoxy groups -OCH3 is 1. The van der Waals surface area contributed by atoms with Crippen molar-refractivity contribution in [3.8, 4) is 0 Å². The van der Waals surface area contributed by atoms with Crippen LogP contribution in [-0.4, -0.2) is 55.8 Å². The van der Waals surface area contributed by atoms with Crippen LogP contribution >= 0.6 is 0 Å². The average Bonchev–Trinajstić information content (AvgIpc) is 3.66. The lowest BCUT2D eigenvalue weighted by Gasteiger charge is -2.19. The molecule has 0 unspecified atom stereocenters. The predicted molar refractivity (Wildman–Crippen MR) is 125 cm³/mol. The molecule has 3 heterocycles. The number of alkyl carbamates (subject to hydrolysis) is 1. The van der Waals surface area contributed by atoms with Gasteiger partial charge in [-0.2, -0.15) is 10.2 Å². The maximum Gasteiger partial charge on any atom is 0.407 e. The van der Waals surface area contributed by atoms with Gasteiger partial charge in [0.25, 0.3) is 0 Å². The third-order valence-electron chi connectivity index (χ3n) is 7.22. The summed E-state index contributed by atoms with van der Waals surface area (Å²) >= 11 is 0. The second kappa shape index (κ2) is 8.47. The molecule has 3 saturated carbocycles. The van der Waals surface area contributed by atoms with Crippen molar-refractivity contribution < 1.29 is 18.7 Å². The molecule has 3 aliphatic carbocycles. The molecule has 0 radical (unpaired) electrons. The lowest BCUT2D eigenvalue weighted by molar-refractivity contribution is 0.0546. The molecule has 3 N–H and O–H groups in total. The Labute approximate surface area is 202 Å². The highest BCUT2D eigenvalue weighted by molar-refractivity contribution is 5.73. The van der Waals surface area contributed by atoms with Gasteiger partial charge in [0.05, 0.1) is 24.2 Å². The number of carbonyl (C=O) groups is 1. The first kappa shape index (κ1) is 22.3. The van der Waals surface area contributed by atoms with Gasteiger partial charge in [0.1, 0.15) is 17.8 Å².